The van der Waals surface area contributed by atoms with Crippen LogP contribution >= 0.6 is 0 Å². The summed E-state index contributed by atoms with van der Waals surface area (Å²) in [4.78, 5) is 0. The molecule has 240 valence electrons. The fraction of sp³-hybridized carbons (Fsp3) is 0.0196. The van der Waals surface area contributed by atoms with E-state index in [9.17, 15) is 0 Å². The molecule has 0 bridgehead atoms. The van der Waals surface area contributed by atoms with Crippen molar-refractivity contribution in [3.8, 4) is 55.6 Å². The van der Waals surface area contributed by atoms with Gasteiger partial charge >= 0.3 is 0 Å². The Labute approximate surface area is 298 Å². The zero-order chi connectivity index (χ0) is 34.5. The Morgan fingerprint density at radius 3 is 1.43 bits per heavy atom. The third kappa shape index (κ3) is 5.16. The van der Waals surface area contributed by atoms with Crippen LogP contribution < -0.4 is 10.4 Å². The Kier molecular flexibility index (Phi) is 7.45. The minimum Gasteiger partial charge on any atom is -0.0984 e. The highest BCUT2D eigenvalue weighted by Crippen LogP contribution is 2.42. The van der Waals surface area contributed by atoms with E-state index in [1.54, 1.807) is 0 Å². The summed E-state index contributed by atoms with van der Waals surface area (Å²) in [7, 11) is 0. The maximum atomic E-state index is 4.34. The average molecular weight is 649 g/mol. The summed E-state index contributed by atoms with van der Waals surface area (Å²) in [6, 6.07) is 60.1. The highest BCUT2D eigenvalue weighted by molar-refractivity contribution is 6.27. The summed E-state index contributed by atoms with van der Waals surface area (Å²) in [6.45, 7) is 10.4. The Balaban J connectivity index is 1.08. The summed E-state index contributed by atoms with van der Waals surface area (Å²) in [5, 5.41) is 9.99. The van der Waals surface area contributed by atoms with Crippen LogP contribution in [0.4, 0.5) is 0 Å². The van der Waals surface area contributed by atoms with Gasteiger partial charge in [-0.1, -0.05) is 177 Å². The van der Waals surface area contributed by atoms with Gasteiger partial charge in [0.05, 0.1) is 0 Å². The first-order valence-corrected chi connectivity index (χ1v) is 17.6. The zero-order valence-corrected chi connectivity index (χ0v) is 28.7. The molecule has 0 fully saturated rings. The summed E-state index contributed by atoms with van der Waals surface area (Å²) < 4.78 is 0. The average Bonchev–Trinajstić information content (AvgIpc) is 3.20. The standard InChI is InChI=1S/C51H36/c1-4-34-21-26-46(44(5-2)33(34)3)42-15-9-13-40(31-42)35-17-19-36(20-18-35)41-14-10-16-43(32-41)47-28-23-39-24-29-48-45(37-11-7-6-8-12-37)27-22-38-25-30-49(47)51(39)50(38)48/h4-32H,1,3H2,2H3/b44-5+. The van der Waals surface area contributed by atoms with Crippen LogP contribution in [0.3, 0.4) is 0 Å². The maximum Gasteiger partial charge on any atom is -0.00203 e. The normalized spacial score (nSPS) is 11.9. The van der Waals surface area contributed by atoms with Crippen molar-refractivity contribution < 1.29 is 0 Å². The van der Waals surface area contributed by atoms with Gasteiger partial charge in [0.2, 0.25) is 0 Å². The van der Waals surface area contributed by atoms with E-state index in [0.717, 1.165) is 16.0 Å². The molecule has 0 unspecified atom stereocenters. The fourth-order valence-electron chi connectivity index (χ4n) is 7.96. The van der Waals surface area contributed by atoms with Gasteiger partial charge in [0.1, 0.15) is 0 Å². The van der Waals surface area contributed by atoms with Crippen molar-refractivity contribution in [3.63, 3.8) is 0 Å². The molecule has 0 atom stereocenters. The largest absolute Gasteiger partial charge is 0.0984 e. The first-order chi connectivity index (χ1) is 25.1. The molecule has 0 spiro atoms. The SMILES string of the molecule is C=Cc1ccc(-c2cccc(-c3ccc(-c4cccc(-c5ccc6ccc7c(-c8ccccc8)ccc8ccc5c6c87)c4)cc3)c2)/c(=C/C)c1=C. The van der Waals surface area contributed by atoms with Crippen molar-refractivity contribution in [2.24, 2.45) is 0 Å². The van der Waals surface area contributed by atoms with E-state index in [-0.39, 0.29) is 0 Å². The fourth-order valence-corrected chi connectivity index (χ4v) is 7.96. The molecule has 0 radical (unpaired) electrons. The van der Waals surface area contributed by atoms with Gasteiger partial charge in [0.25, 0.3) is 0 Å². The van der Waals surface area contributed by atoms with Crippen LogP contribution in [0.25, 0.3) is 107 Å². The zero-order valence-electron chi connectivity index (χ0n) is 28.7. The number of benzene rings is 9. The second-order valence-corrected chi connectivity index (χ2v) is 13.3. The van der Waals surface area contributed by atoms with Crippen molar-refractivity contribution in [3.05, 3.63) is 186 Å². The molecule has 0 amide bonds. The molecule has 0 heterocycles. The highest BCUT2D eigenvalue weighted by Gasteiger charge is 2.15. The summed E-state index contributed by atoms with van der Waals surface area (Å²) in [5.74, 6) is 0. The molecule has 0 saturated heterocycles. The van der Waals surface area contributed by atoms with Crippen molar-refractivity contribution in [2.45, 2.75) is 6.92 Å². The molecule has 0 saturated carbocycles. The molecule has 9 aromatic rings. The third-order valence-corrected chi connectivity index (χ3v) is 10.6. The molecular formula is C51H36. The van der Waals surface area contributed by atoms with E-state index in [2.05, 4.69) is 190 Å². The molecule has 0 N–H and O–H groups in total. The third-order valence-electron chi connectivity index (χ3n) is 10.6. The monoisotopic (exact) mass is 648 g/mol. The summed E-state index contributed by atoms with van der Waals surface area (Å²) in [5.41, 5.74) is 13.2. The Bertz CT molecular complexity index is 2870. The van der Waals surface area contributed by atoms with Gasteiger partial charge in [-0.05, 0) is 123 Å². The number of rotatable bonds is 6. The molecular weight excluding hydrogens is 613 g/mol. The van der Waals surface area contributed by atoms with Gasteiger partial charge in [0, 0.05) is 0 Å². The predicted octanol–water partition coefficient (Wildman–Crippen LogP) is 12.8. The molecule has 0 aliphatic heterocycles. The van der Waals surface area contributed by atoms with Crippen molar-refractivity contribution in [1.29, 1.82) is 0 Å². The molecule has 51 heavy (non-hydrogen) atoms. The van der Waals surface area contributed by atoms with Crippen LogP contribution in [0.1, 0.15) is 12.5 Å². The Morgan fingerprint density at radius 2 is 0.882 bits per heavy atom. The molecule has 0 nitrogen and oxygen atoms in total. The van der Waals surface area contributed by atoms with E-state index >= 15 is 0 Å². The second kappa shape index (κ2) is 12.4. The van der Waals surface area contributed by atoms with Crippen LogP contribution in [0.2, 0.25) is 0 Å². The number of hydrogen-bond acceptors (Lipinski definition) is 0. The quantitative estimate of drug-likeness (QED) is 0.157. The summed E-state index contributed by atoms with van der Waals surface area (Å²) in [6.07, 6.45) is 4.02. The van der Waals surface area contributed by atoms with Gasteiger partial charge in [0.15, 0.2) is 0 Å². The van der Waals surface area contributed by atoms with E-state index < -0.39 is 0 Å². The van der Waals surface area contributed by atoms with Gasteiger partial charge in [-0.2, -0.15) is 0 Å². The lowest BCUT2D eigenvalue weighted by molar-refractivity contribution is 1.47. The van der Waals surface area contributed by atoms with Crippen molar-refractivity contribution >= 4 is 51.0 Å². The van der Waals surface area contributed by atoms with Gasteiger partial charge < -0.3 is 0 Å². The van der Waals surface area contributed by atoms with E-state index in [1.807, 2.05) is 6.08 Å². The van der Waals surface area contributed by atoms with Crippen LogP contribution in [-0.4, -0.2) is 0 Å². The van der Waals surface area contributed by atoms with E-state index in [0.29, 0.717) is 0 Å². The molecule has 0 aliphatic carbocycles. The smallest absolute Gasteiger partial charge is 0.00203 e. The maximum absolute atomic E-state index is 4.34. The lowest BCUT2D eigenvalue weighted by Crippen LogP contribution is -2.27. The van der Waals surface area contributed by atoms with Crippen molar-refractivity contribution in [2.75, 3.05) is 0 Å². The van der Waals surface area contributed by atoms with Gasteiger partial charge in [-0.3, -0.25) is 0 Å². The Morgan fingerprint density at radius 1 is 0.412 bits per heavy atom. The highest BCUT2D eigenvalue weighted by atomic mass is 14.2. The van der Waals surface area contributed by atoms with Gasteiger partial charge in [-0.15, -0.1) is 0 Å². The summed E-state index contributed by atoms with van der Waals surface area (Å²) >= 11 is 0. The van der Waals surface area contributed by atoms with E-state index in [4.69, 9.17) is 0 Å². The molecule has 0 aliphatic rings. The first-order valence-electron chi connectivity index (χ1n) is 17.6. The topological polar surface area (TPSA) is 0 Å². The molecule has 0 aromatic heterocycles. The molecule has 9 aromatic carbocycles. The second-order valence-electron chi connectivity index (χ2n) is 13.3. The minimum absolute atomic E-state index is 1.02. The Hall–Kier alpha value is -6.50. The van der Waals surface area contributed by atoms with Crippen molar-refractivity contribution in [1.82, 2.24) is 0 Å². The minimum atomic E-state index is 1.02. The molecule has 0 heteroatoms. The number of hydrogen-bond donors (Lipinski definition) is 0. The van der Waals surface area contributed by atoms with Gasteiger partial charge in [-0.25, -0.2) is 0 Å². The first kappa shape index (κ1) is 30.6. The van der Waals surface area contributed by atoms with Crippen LogP contribution in [0, 0.1) is 0 Å². The lowest BCUT2D eigenvalue weighted by atomic mass is 9.87. The molecule has 9 rings (SSSR count). The predicted molar refractivity (Wildman–Crippen MR) is 222 cm³/mol. The lowest BCUT2D eigenvalue weighted by Gasteiger charge is -2.17. The van der Waals surface area contributed by atoms with Crippen LogP contribution in [0.5, 0.6) is 0 Å². The van der Waals surface area contributed by atoms with Crippen LogP contribution in [-0.2, 0) is 0 Å². The van der Waals surface area contributed by atoms with E-state index in [1.165, 1.54) is 88.0 Å². The van der Waals surface area contributed by atoms with Crippen LogP contribution in [0.15, 0.2) is 170 Å².